The molecule has 1 aliphatic heterocycles. The second-order valence-electron chi connectivity index (χ2n) is 4.87. The Morgan fingerprint density at radius 2 is 2.38 bits per heavy atom. The summed E-state index contributed by atoms with van der Waals surface area (Å²) in [5, 5.41) is 14.0. The van der Waals surface area contributed by atoms with Gasteiger partial charge in [-0.1, -0.05) is 11.2 Å². The summed E-state index contributed by atoms with van der Waals surface area (Å²) in [6, 6.07) is 4.12. The monoisotopic (exact) mass is 295 g/mol. The highest BCUT2D eigenvalue weighted by Gasteiger charge is 2.18. The predicted molar refractivity (Wildman–Crippen MR) is 75.7 cm³/mol. The van der Waals surface area contributed by atoms with Gasteiger partial charge in [-0.3, -0.25) is 4.79 Å². The summed E-state index contributed by atoms with van der Waals surface area (Å²) in [6.45, 7) is 0.740. The number of hydrogen-bond acceptors (Lipinski definition) is 4. The molecule has 4 N–H and O–H groups in total. The lowest BCUT2D eigenvalue weighted by Crippen LogP contribution is -2.21. The van der Waals surface area contributed by atoms with Crippen LogP contribution in [0.15, 0.2) is 23.4 Å². The molecule has 0 spiro atoms. The molecule has 1 aliphatic rings. The summed E-state index contributed by atoms with van der Waals surface area (Å²) in [5.41, 5.74) is 5.50. The molecule has 2 rings (SSSR count). The van der Waals surface area contributed by atoms with Crippen molar-refractivity contribution in [3.05, 3.63) is 29.6 Å². The lowest BCUT2D eigenvalue weighted by molar-refractivity contribution is -0.116. The van der Waals surface area contributed by atoms with Crippen LogP contribution in [-0.4, -0.2) is 29.7 Å². The normalized spacial score (nSPS) is 18.7. The van der Waals surface area contributed by atoms with E-state index < -0.39 is 5.82 Å². The van der Waals surface area contributed by atoms with Crippen LogP contribution < -0.4 is 11.1 Å². The van der Waals surface area contributed by atoms with Gasteiger partial charge in [0.05, 0.1) is 17.4 Å². The number of amides is 1. The van der Waals surface area contributed by atoms with Gasteiger partial charge < -0.3 is 21.0 Å². The summed E-state index contributed by atoms with van der Waals surface area (Å²) in [5.74, 6) is -1.31. The third kappa shape index (κ3) is 3.91. The summed E-state index contributed by atoms with van der Waals surface area (Å²) < 4.78 is 19.2. The van der Waals surface area contributed by atoms with Gasteiger partial charge >= 0.3 is 0 Å². The fourth-order valence-electron chi connectivity index (χ4n) is 2.32. The van der Waals surface area contributed by atoms with Crippen molar-refractivity contribution in [2.45, 2.75) is 31.8 Å². The van der Waals surface area contributed by atoms with Crippen molar-refractivity contribution in [2.24, 2.45) is 10.9 Å². The highest BCUT2D eigenvalue weighted by molar-refractivity contribution is 6.05. The van der Waals surface area contributed by atoms with Gasteiger partial charge in [-0.25, -0.2) is 4.39 Å². The van der Waals surface area contributed by atoms with Crippen molar-refractivity contribution >= 4 is 17.4 Å². The Morgan fingerprint density at radius 1 is 1.57 bits per heavy atom. The van der Waals surface area contributed by atoms with E-state index in [4.69, 9.17) is 15.7 Å². The number of halogens is 1. The molecule has 0 radical (unpaired) electrons. The van der Waals surface area contributed by atoms with Gasteiger partial charge in [0.2, 0.25) is 5.91 Å². The Labute approximate surface area is 121 Å². The Balaban J connectivity index is 2.01. The summed E-state index contributed by atoms with van der Waals surface area (Å²) in [6.07, 6.45) is 3.00. The van der Waals surface area contributed by atoms with Gasteiger partial charge in [0.15, 0.2) is 5.84 Å². The standard InChI is InChI=1S/C14H18FN3O3/c15-10-4-1-5-11(13(10)14(16)18-20)17-12(19)7-6-9-3-2-8-21-9/h1,4-5,9,20H,2-3,6-8H2,(H2,16,18)(H,17,19). The molecule has 0 saturated carbocycles. The van der Waals surface area contributed by atoms with Crippen LogP contribution in [0.2, 0.25) is 0 Å². The van der Waals surface area contributed by atoms with E-state index in [9.17, 15) is 9.18 Å². The van der Waals surface area contributed by atoms with Gasteiger partial charge in [-0.05, 0) is 31.4 Å². The first-order valence-corrected chi connectivity index (χ1v) is 6.79. The SMILES string of the molecule is NC(=NO)c1c(F)cccc1NC(=O)CCC1CCCO1. The number of nitrogens with two attached hydrogens (primary N) is 1. The minimum absolute atomic E-state index is 0.117. The Hall–Kier alpha value is -2.15. The average molecular weight is 295 g/mol. The number of rotatable bonds is 5. The van der Waals surface area contributed by atoms with Crippen LogP contribution in [-0.2, 0) is 9.53 Å². The van der Waals surface area contributed by atoms with Crippen LogP contribution >= 0.6 is 0 Å². The maximum atomic E-state index is 13.7. The number of oxime groups is 1. The van der Waals surface area contributed by atoms with Crippen LogP contribution in [0.4, 0.5) is 10.1 Å². The molecule has 21 heavy (non-hydrogen) atoms. The molecule has 6 nitrogen and oxygen atoms in total. The third-order valence-corrected chi connectivity index (χ3v) is 3.37. The maximum absolute atomic E-state index is 13.7. The van der Waals surface area contributed by atoms with E-state index in [0.29, 0.717) is 6.42 Å². The maximum Gasteiger partial charge on any atom is 0.224 e. The van der Waals surface area contributed by atoms with Crippen molar-refractivity contribution in [3.8, 4) is 0 Å². The largest absolute Gasteiger partial charge is 0.409 e. The van der Waals surface area contributed by atoms with E-state index in [1.54, 1.807) is 0 Å². The molecule has 1 aromatic rings. The number of carbonyl (C=O) groups excluding carboxylic acids is 1. The molecule has 1 atom stereocenters. The van der Waals surface area contributed by atoms with E-state index in [2.05, 4.69) is 10.5 Å². The molecule has 1 aromatic carbocycles. The highest BCUT2D eigenvalue weighted by atomic mass is 19.1. The van der Waals surface area contributed by atoms with Crippen molar-refractivity contribution in [3.63, 3.8) is 0 Å². The Bertz CT molecular complexity index is 542. The summed E-state index contributed by atoms with van der Waals surface area (Å²) >= 11 is 0. The molecule has 1 amide bonds. The number of carbonyl (C=O) groups is 1. The number of benzene rings is 1. The Morgan fingerprint density at radius 3 is 3.05 bits per heavy atom. The predicted octanol–water partition coefficient (Wildman–Crippen LogP) is 1.82. The number of nitrogens with zero attached hydrogens (tertiary/aromatic N) is 1. The van der Waals surface area contributed by atoms with Crippen molar-refractivity contribution in [1.29, 1.82) is 0 Å². The highest BCUT2D eigenvalue weighted by Crippen LogP contribution is 2.20. The van der Waals surface area contributed by atoms with Crippen molar-refractivity contribution in [1.82, 2.24) is 0 Å². The number of nitrogens with one attached hydrogen (secondary N) is 1. The zero-order valence-corrected chi connectivity index (χ0v) is 11.5. The first-order valence-electron chi connectivity index (χ1n) is 6.79. The van der Waals surface area contributed by atoms with E-state index in [0.717, 1.165) is 19.4 Å². The van der Waals surface area contributed by atoms with Crippen LogP contribution in [0, 0.1) is 5.82 Å². The average Bonchev–Trinajstić information content (AvgIpc) is 2.98. The minimum Gasteiger partial charge on any atom is -0.409 e. The minimum atomic E-state index is -0.665. The van der Waals surface area contributed by atoms with Gasteiger partial charge in [-0.2, -0.15) is 0 Å². The molecular formula is C14H18FN3O3. The second-order valence-corrected chi connectivity index (χ2v) is 4.87. The lowest BCUT2D eigenvalue weighted by atomic mass is 10.1. The van der Waals surface area contributed by atoms with Crippen LogP contribution in [0.5, 0.6) is 0 Å². The molecular weight excluding hydrogens is 277 g/mol. The first kappa shape index (κ1) is 15.2. The van der Waals surface area contributed by atoms with Gasteiger partial charge in [0.25, 0.3) is 0 Å². The zero-order valence-electron chi connectivity index (χ0n) is 11.5. The fourth-order valence-corrected chi connectivity index (χ4v) is 2.32. The molecule has 7 heteroatoms. The molecule has 1 unspecified atom stereocenters. The van der Waals surface area contributed by atoms with Crippen LogP contribution in [0.1, 0.15) is 31.2 Å². The third-order valence-electron chi connectivity index (χ3n) is 3.37. The molecule has 114 valence electrons. The van der Waals surface area contributed by atoms with Crippen molar-refractivity contribution in [2.75, 3.05) is 11.9 Å². The van der Waals surface area contributed by atoms with Crippen LogP contribution in [0.25, 0.3) is 0 Å². The number of anilines is 1. The summed E-state index contributed by atoms with van der Waals surface area (Å²) in [7, 11) is 0. The molecule has 1 fully saturated rings. The van der Waals surface area contributed by atoms with E-state index in [-0.39, 0.29) is 35.5 Å². The molecule has 0 aromatic heterocycles. The number of hydrogen-bond donors (Lipinski definition) is 3. The second kappa shape index (κ2) is 7.03. The van der Waals surface area contributed by atoms with E-state index in [1.807, 2.05) is 0 Å². The lowest BCUT2D eigenvalue weighted by Gasteiger charge is -2.12. The molecule has 0 bridgehead atoms. The van der Waals surface area contributed by atoms with Crippen LogP contribution in [0.3, 0.4) is 0 Å². The summed E-state index contributed by atoms with van der Waals surface area (Å²) in [4.78, 5) is 11.9. The number of amidine groups is 1. The molecule has 1 saturated heterocycles. The van der Waals surface area contributed by atoms with E-state index in [1.165, 1.54) is 18.2 Å². The number of ether oxygens (including phenoxy) is 1. The molecule has 1 heterocycles. The van der Waals surface area contributed by atoms with Gasteiger partial charge in [0.1, 0.15) is 5.82 Å². The topological polar surface area (TPSA) is 96.9 Å². The Kier molecular flexibility index (Phi) is 5.10. The zero-order chi connectivity index (χ0) is 15.2. The smallest absolute Gasteiger partial charge is 0.224 e. The van der Waals surface area contributed by atoms with Gasteiger partial charge in [-0.15, -0.1) is 0 Å². The van der Waals surface area contributed by atoms with Crippen molar-refractivity contribution < 1.29 is 19.1 Å². The van der Waals surface area contributed by atoms with Gasteiger partial charge in [0, 0.05) is 13.0 Å². The fraction of sp³-hybridized carbons (Fsp3) is 0.429. The quantitative estimate of drug-likeness (QED) is 0.334. The van der Waals surface area contributed by atoms with E-state index >= 15 is 0 Å². The first-order chi connectivity index (χ1) is 10.1. The molecule has 0 aliphatic carbocycles.